The molecule has 37 heavy (non-hydrogen) atoms. The predicted molar refractivity (Wildman–Crippen MR) is 147 cm³/mol. The summed E-state index contributed by atoms with van der Waals surface area (Å²) in [5, 5.41) is 0. The molecule has 3 saturated carbocycles. The van der Waals surface area contributed by atoms with E-state index in [1.165, 1.54) is 77.0 Å². The van der Waals surface area contributed by atoms with Gasteiger partial charge in [0.1, 0.15) is 18.4 Å². The first-order valence-corrected chi connectivity index (χ1v) is 15.7. The van der Waals surface area contributed by atoms with Crippen molar-refractivity contribution >= 4 is 5.97 Å². The summed E-state index contributed by atoms with van der Waals surface area (Å²) in [6, 6.07) is 0. The minimum Gasteiger partial charge on any atom is -0.463 e. The van der Waals surface area contributed by atoms with Crippen molar-refractivity contribution in [2.75, 3.05) is 13.2 Å². The quantitative estimate of drug-likeness (QED) is 0.122. The van der Waals surface area contributed by atoms with Crippen molar-refractivity contribution in [3.63, 3.8) is 0 Å². The molecule has 2 unspecified atom stereocenters. The van der Waals surface area contributed by atoms with E-state index in [2.05, 4.69) is 13.5 Å². The summed E-state index contributed by atoms with van der Waals surface area (Å²) in [5.41, 5.74) is 0. The first-order valence-electron chi connectivity index (χ1n) is 15.7. The zero-order valence-electron chi connectivity index (χ0n) is 23.5. The van der Waals surface area contributed by atoms with Crippen LogP contribution in [0.1, 0.15) is 122 Å². The number of ether oxygens (including phenoxy) is 2. The van der Waals surface area contributed by atoms with Gasteiger partial charge in [0.25, 0.3) is 0 Å². The summed E-state index contributed by atoms with van der Waals surface area (Å²) in [7, 11) is 0. The Labute approximate surface area is 225 Å². The number of esters is 1. The van der Waals surface area contributed by atoms with Crippen LogP contribution in [0.4, 0.5) is 8.78 Å². The molecule has 0 aromatic heterocycles. The van der Waals surface area contributed by atoms with E-state index >= 15 is 0 Å². The number of hydrogen-bond acceptors (Lipinski definition) is 3. The molecule has 214 valence electrons. The molecule has 3 aliphatic carbocycles. The molecule has 0 heterocycles. The lowest BCUT2D eigenvalue weighted by atomic mass is 9.65. The van der Waals surface area contributed by atoms with Gasteiger partial charge in [-0.2, -0.15) is 0 Å². The van der Waals surface area contributed by atoms with Crippen LogP contribution >= 0.6 is 0 Å². The first kappa shape index (κ1) is 30.6. The summed E-state index contributed by atoms with van der Waals surface area (Å²) >= 11 is 0. The maximum absolute atomic E-state index is 15.0. The Morgan fingerprint density at radius 1 is 0.757 bits per heavy atom. The van der Waals surface area contributed by atoms with Gasteiger partial charge in [0.2, 0.25) is 0 Å². The molecular weight excluding hydrogens is 470 g/mol. The number of hydrogen-bond donors (Lipinski definition) is 0. The van der Waals surface area contributed by atoms with Gasteiger partial charge in [0, 0.05) is 12.7 Å². The second-order valence-corrected chi connectivity index (χ2v) is 12.3. The van der Waals surface area contributed by atoms with Crippen LogP contribution in [0.2, 0.25) is 0 Å². The third-order valence-corrected chi connectivity index (χ3v) is 9.79. The molecule has 3 aliphatic rings. The van der Waals surface area contributed by atoms with Gasteiger partial charge in [-0.05, 0) is 100 Å². The highest BCUT2D eigenvalue weighted by atomic mass is 19.1. The fourth-order valence-corrected chi connectivity index (χ4v) is 7.49. The largest absolute Gasteiger partial charge is 0.463 e. The number of rotatable bonds is 15. The van der Waals surface area contributed by atoms with Crippen LogP contribution < -0.4 is 0 Å². The SMILES string of the molecule is C=CC(=O)OCCCCCCOC1C(F)CC(C2CCC(C3CCC(CCCCC)CC3)CC2)CC1F. The van der Waals surface area contributed by atoms with E-state index in [-0.39, 0.29) is 5.92 Å². The molecule has 3 rings (SSSR count). The van der Waals surface area contributed by atoms with Crippen LogP contribution in [0.3, 0.4) is 0 Å². The fourth-order valence-electron chi connectivity index (χ4n) is 7.49. The highest BCUT2D eigenvalue weighted by Crippen LogP contribution is 2.46. The highest BCUT2D eigenvalue weighted by molar-refractivity contribution is 5.81. The summed E-state index contributed by atoms with van der Waals surface area (Å²) in [5.74, 6) is 2.99. The van der Waals surface area contributed by atoms with Gasteiger partial charge in [-0.3, -0.25) is 0 Å². The topological polar surface area (TPSA) is 35.5 Å². The molecule has 0 amide bonds. The molecule has 3 fully saturated rings. The Morgan fingerprint density at radius 3 is 1.86 bits per heavy atom. The molecule has 0 aromatic rings. The average molecular weight is 525 g/mol. The van der Waals surface area contributed by atoms with Gasteiger partial charge in [0.05, 0.1) is 6.61 Å². The first-order chi connectivity index (χ1) is 18.0. The molecule has 0 radical (unpaired) electrons. The van der Waals surface area contributed by atoms with Crippen molar-refractivity contribution in [3.8, 4) is 0 Å². The number of carbonyl (C=O) groups is 1. The van der Waals surface area contributed by atoms with Crippen molar-refractivity contribution in [1.82, 2.24) is 0 Å². The molecule has 0 aromatic carbocycles. The zero-order chi connectivity index (χ0) is 26.5. The van der Waals surface area contributed by atoms with Crippen LogP contribution in [0, 0.1) is 29.6 Å². The summed E-state index contributed by atoms with van der Waals surface area (Å²) < 4.78 is 40.6. The van der Waals surface area contributed by atoms with E-state index in [4.69, 9.17) is 9.47 Å². The van der Waals surface area contributed by atoms with Crippen molar-refractivity contribution in [2.24, 2.45) is 29.6 Å². The Bertz CT molecular complexity index is 628. The molecular formula is C32H54F2O3. The van der Waals surface area contributed by atoms with Crippen molar-refractivity contribution < 1.29 is 23.0 Å². The Kier molecular flexibility index (Phi) is 13.9. The molecule has 0 aliphatic heterocycles. The zero-order valence-corrected chi connectivity index (χ0v) is 23.5. The van der Waals surface area contributed by atoms with E-state index in [0.29, 0.717) is 32.0 Å². The summed E-state index contributed by atoms with van der Waals surface area (Å²) in [4.78, 5) is 11.0. The van der Waals surface area contributed by atoms with Gasteiger partial charge in [-0.1, -0.05) is 58.4 Å². The van der Waals surface area contributed by atoms with E-state index in [1.54, 1.807) is 0 Å². The van der Waals surface area contributed by atoms with Gasteiger partial charge < -0.3 is 9.47 Å². The number of unbranched alkanes of at least 4 members (excludes halogenated alkanes) is 5. The minimum atomic E-state index is -1.19. The normalized spacial score (nSPS) is 34.7. The average Bonchev–Trinajstić information content (AvgIpc) is 2.91. The molecule has 0 bridgehead atoms. The number of alkyl halides is 2. The Balaban J connectivity index is 1.27. The smallest absolute Gasteiger partial charge is 0.330 e. The summed E-state index contributed by atoms with van der Waals surface area (Å²) in [6.45, 7) is 6.44. The highest BCUT2D eigenvalue weighted by Gasteiger charge is 2.43. The van der Waals surface area contributed by atoms with Crippen LogP contribution in [-0.2, 0) is 14.3 Å². The lowest BCUT2D eigenvalue weighted by molar-refractivity contribution is -0.137. The maximum Gasteiger partial charge on any atom is 0.330 e. The molecule has 2 atom stereocenters. The van der Waals surface area contributed by atoms with Gasteiger partial charge in [0.15, 0.2) is 0 Å². The third kappa shape index (κ3) is 10.3. The van der Waals surface area contributed by atoms with Crippen molar-refractivity contribution in [1.29, 1.82) is 0 Å². The predicted octanol–water partition coefficient (Wildman–Crippen LogP) is 8.94. The molecule has 0 N–H and O–H groups in total. The van der Waals surface area contributed by atoms with Gasteiger partial charge >= 0.3 is 5.97 Å². The van der Waals surface area contributed by atoms with E-state index in [9.17, 15) is 13.6 Å². The minimum absolute atomic E-state index is 0.179. The standard InChI is InChI=1S/C32H54F2O3/c1-3-5-8-11-24-12-14-25(15-13-24)26-16-18-27(19-17-26)28-22-29(33)32(30(34)23-28)37-21-10-7-6-9-20-36-31(35)4-2/h4,24-30,32H,2-3,5-23H2,1H3. The second kappa shape index (κ2) is 16.9. The van der Waals surface area contributed by atoms with Gasteiger partial charge in [-0.15, -0.1) is 0 Å². The van der Waals surface area contributed by atoms with Crippen molar-refractivity contribution in [2.45, 2.75) is 141 Å². The lowest BCUT2D eigenvalue weighted by Crippen LogP contribution is -2.44. The third-order valence-electron chi connectivity index (χ3n) is 9.79. The van der Waals surface area contributed by atoms with Crippen LogP contribution in [0.5, 0.6) is 0 Å². The van der Waals surface area contributed by atoms with Gasteiger partial charge in [-0.25, -0.2) is 13.6 Å². The summed E-state index contributed by atoms with van der Waals surface area (Å²) in [6.07, 6.45) is 18.3. The Morgan fingerprint density at radius 2 is 1.30 bits per heavy atom. The maximum atomic E-state index is 15.0. The Hall–Kier alpha value is -0.970. The van der Waals surface area contributed by atoms with E-state index < -0.39 is 24.4 Å². The molecule has 0 saturated heterocycles. The van der Waals surface area contributed by atoms with Crippen molar-refractivity contribution in [3.05, 3.63) is 12.7 Å². The molecule has 5 heteroatoms. The van der Waals surface area contributed by atoms with Crippen LogP contribution in [-0.4, -0.2) is 37.6 Å². The molecule has 3 nitrogen and oxygen atoms in total. The monoisotopic (exact) mass is 524 g/mol. The van der Waals surface area contributed by atoms with E-state index in [1.807, 2.05) is 0 Å². The number of halogens is 2. The number of carbonyl (C=O) groups excluding carboxylic acids is 1. The fraction of sp³-hybridized carbons (Fsp3) is 0.906. The van der Waals surface area contributed by atoms with Crippen LogP contribution in [0.25, 0.3) is 0 Å². The lowest BCUT2D eigenvalue weighted by Gasteiger charge is -2.42. The van der Waals surface area contributed by atoms with Crippen LogP contribution in [0.15, 0.2) is 12.7 Å². The van der Waals surface area contributed by atoms with E-state index in [0.717, 1.165) is 49.5 Å². The molecule has 0 spiro atoms. The second-order valence-electron chi connectivity index (χ2n) is 12.3.